The third-order valence-electron chi connectivity index (χ3n) is 3.36. The van der Waals surface area contributed by atoms with Gasteiger partial charge in [0.1, 0.15) is 4.90 Å². The number of carbonyl (C=O) groups excluding carboxylic acids is 1. The van der Waals surface area contributed by atoms with Gasteiger partial charge in [0.2, 0.25) is 0 Å². The minimum Gasteiger partial charge on any atom is -0.381 e. The number of hydrogen-bond donors (Lipinski definition) is 2. The Bertz CT molecular complexity index is 620. The van der Waals surface area contributed by atoms with Crippen LogP contribution in [0.1, 0.15) is 35.9 Å². The lowest BCUT2D eigenvalue weighted by Gasteiger charge is -2.34. The number of rotatable bonds is 3. The topological polar surface area (TPSA) is 101 Å². The first-order chi connectivity index (χ1) is 9.23. The third kappa shape index (κ3) is 3.13. The van der Waals surface area contributed by atoms with Gasteiger partial charge in [0.05, 0.1) is 5.69 Å². The van der Waals surface area contributed by atoms with Gasteiger partial charge in [-0.3, -0.25) is 9.89 Å². The van der Waals surface area contributed by atoms with Gasteiger partial charge in [0.25, 0.3) is 15.0 Å². The first kappa shape index (κ1) is 15.3. The highest BCUT2D eigenvalue weighted by Crippen LogP contribution is 2.24. The Balaban J connectivity index is 2.26. The molecule has 0 saturated carbocycles. The average Bonchev–Trinajstić information content (AvgIpc) is 2.71. The van der Waals surface area contributed by atoms with Gasteiger partial charge in [-0.25, -0.2) is 8.42 Å². The van der Waals surface area contributed by atoms with Crippen molar-refractivity contribution in [1.82, 2.24) is 15.5 Å². The Kier molecular flexibility index (Phi) is 4.08. The first-order valence-corrected chi connectivity index (χ1v) is 8.44. The lowest BCUT2D eigenvalue weighted by molar-refractivity contribution is 0.0420. The summed E-state index contributed by atoms with van der Waals surface area (Å²) < 4.78 is 28.3. The van der Waals surface area contributed by atoms with Crippen LogP contribution in [0.4, 0.5) is 0 Å². The van der Waals surface area contributed by atoms with E-state index in [1.165, 1.54) is 6.92 Å². The van der Waals surface area contributed by atoms with Crippen molar-refractivity contribution in [3.05, 3.63) is 11.4 Å². The van der Waals surface area contributed by atoms with Crippen molar-refractivity contribution in [2.45, 2.75) is 37.1 Å². The van der Waals surface area contributed by atoms with E-state index in [4.69, 9.17) is 15.4 Å². The van der Waals surface area contributed by atoms with Crippen LogP contribution in [0.5, 0.6) is 0 Å². The smallest absolute Gasteiger partial charge is 0.273 e. The van der Waals surface area contributed by atoms with E-state index in [0.717, 1.165) is 0 Å². The molecule has 20 heavy (non-hydrogen) atoms. The molecule has 1 fully saturated rings. The van der Waals surface area contributed by atoms with Crippen molar-refractivity contribution >= 4 is 25.6 Å². The van der Waals surface area contributed by atoms with E-state index >= 15 is 0 Å². The van der Waals surface area contributed by atoms with Gasteiger partial charge in [-0.1, -0.05) is 0 Å². The summed E-state index contributed by atoms with van der Waals surface area (Å²) in [7, 11) is 1.31. The van der Waals surface area contributed by atoms with E-state index < -0.39 is 20.5 Å². The molecule has 9 heteroatoms. The average molecular weight is 322 g/mol. The molecule has 1 aliphatic heterocycles. The van der Waals surface area contributed by atoms with E-state index in [1.54, 1.807) is 0 Å². The number of nitrogens with zero attached hydrogens (tertiary/aromatic N) is 1. The number of aromatic nitrogens is 2. The van der Waals surface area contributed by atoms with E-state index in [0.29, 0.717) is 26.1 Å². The van der Waals surface area contributed by atoms with Crippen LogP contribution in [-0.2, 0) is 13.8 Å². The summed E-state index contributed by atoms with van der Waals surface area (Å²) >= 11 is 0. The predicted octanol–water partition coefficient (Wildman–Crippen LogP) is 0.945. The number of ether oxygens (including phenoxy) is 1. The molecule has 1 aliphatic rings. The van der Waals surface area contributed by atoms with Crippen LogP contribution in [0.15, 0.2) is 4.90 Å². The van der Waals surface area contributed by atoms with Crippen molar-refractivity contribution in [2.24, 2.45) is 0 Å². The van der Waals surface area contributed by atoms with Crippen LogP contribution in [0, 0.1) is 6.92 Å². The molecule has 2 N–H and O–H groups in total. The van der Waals surface area contributed by atoms with Gasteiger partial charge < -0.3 is 10.1 Å². The normalized spacial score (nSPS) is 18.8. The number of nitrogens with one attached hydrogen (secondary N) is 2. The van der Waals surface area contributed by atoms with Crippen molar-refractivity contribution in [1.29, 1.82) is 0 Å². The highest BCUT2D eigenvalue weighted by atomic mass is 35.7. The Hall–Kier alpha value is -1.12. The maximum atomic E-state index is 12.2. The number of carbonyl (C=O) groups is 1. The quantitative estimate of drug-likeness (QED) is 0.807. The van der Waals surface area contributed by atoms with Crippen LogP contribution in [0.25, 0.3) is 0 Å². The highest BCUT2D eigenvalue weighted by molar-refractivity contribution is 8.13. The van der Waals surface area contributed by atoms with Crippen molar-refractivity contribution in [2.75, 3.05) is 13.2 Å². The number of hydrogen-bond acceptors (Lipinski definition) is 5. The molecule has 112 valence electrons. The number of halogens is 1. The van der Waals surface area contributed by atoms with E-state index in [2.05, 4.69) is 15.5 Å². The lowest BCUT2D eigenvalue weighted by Crippen LogP contribution is -2.49. The fraction of sp³-hybridized carbons (Fsp3) is 0.636. The summed E-state index contributed by atoms with van der Waals surface area (Å²) in [6.45, 7) is 4.49. The summed E-state index contributed by atoms with van der Waals surface area (Å²) in [6.07, 6.45) is 1.32. The Labute approximate surface area is 121 Å². The molecule has 1 aromatic heterocycles. The summed E-state index contributed by atoms with van der Waals surface area (Å²) in [6, 6.07) is 0. The van der Waals surface area contributed by atoms with Gasteiger partial charge in [-0.05, 0) is 26.7 Å². The molecule has 7 nitrogen and oxygen atoms in total. The SMILES string of the molecule is Cc1[nH]nc(C(=O)NC2(C)CCOCC2)c1S(=O)(=O)Cl. The Morgan fingerprint density at radius 2 is 2.05 bits per heavy atom. The maximum Gasteiger partial charge on any atom is 0.273 e. The van der Waals surface area contributed by atoms with Crippen LogP contribution in [0.2, 0.25) is 0 Å². The Morgan fingerprint density at radius 1 is 1.45 bits per heavy atom. The van der Waals surface area contributed by atoms with E-state index in [-0.39, 0.29) is 16.3 Å². The number of aromatic amines is 1. The minimum absolute atomic E-state index is 0.204. The zero-order chi connectivity index (χ0) is 15.0. The fourth-order valence-electron chi connectivity index (χ4n) is 2.15. The zero-order valence-corrected chi connectivity index (χ0v) is 12.8. The minimum atomic E-state index is -4.03. The van der Waals surface area contributed by atoms with E-state index in [1.807, 2.05) is 6.92 Å². The molecule has 0 bridgehead atoms. The second kappa shape index (κ2) is 5.34. The molecule has 1 aromatic rings. The maximum absolute atomic E-state index is 12.2. The monoisotopic (exact) mass is 321 g/mol. The van der Waals surface area contributed by atoms with Gasteiger partial charge >= 0.3 is 0 Å². The van der Waals surface area contributed by atoms with Gasteiger partial charge in [0, 0.05) is 29.4 Å². The molecule has 1 saturated heterocycles. The summed E-state index contributed by atoms with van der Waals surface area (Å²) in [5.74, 6) is -0.557. The Morgan fingerprint density at radius 3 is 2.60 bits per heavy atom. The molecule has 0 spiro atoms. The fourth-order valence-corrected chi connectivity index (χ4v) is 3.50. The molecular weight excluding hydrogens is 306 g/mol. The van der Waals surface area contributed by atoms with Crippen LogP contribution in [0.3, 0.4) is 0 Å². The number of H-pyrrole nitrogens is 1. The van der Waals surface area contributed by atoms with E-state index in [9.17, 15) is 13.2 Å². The summed E-state index contributed by atoms with van der Waals surface area (Å²) in [4.78, 5) is 12.0. The molecule has 2 heterocycles. The number of aryl methyl sites for hydroxylation is 1. The molecule has 0 aromatic carbocycles. The summed E-state index contributed by atoms with van der Waals surface area (Å²) in [5, 5.41) is 9.03. The summed E-state index contributed by atoms with van der Waals surface area (Å²) in [5.41, 5.74) is -0.400. The number of amides is 1. The molecule has 0 unspecified atom stereocenters. The largest absolute Gasteiger partial charge is 0.381 e. The second-order valence-corrected chi connectivity index (χ2v) is 7.59. The molecule has 0 atom stereocenters. The predicted molar refractivity (Wildman–Crippen MR) is 72.3 cm³/mol. The molecule has 2 rings (SSSR count). The molecule has 0 aliphatic carbocycles. The molecular formula is C11H16ClN3O4S. The third-order valence-corrected chi connectivity index (χ3v) is 4.81. The van der Waals surface area contributed by atoms with Gasteiger partial charge in [-0.2, -0.15) is 5.10 Å². The van der Waals surface area contributed by atoms with Crippen LogP contribution in [-0.4, -0.2) is 43.3 Å². The first-order valence-electron chi connectivity index (χ1n) is 6.13. The lowest BCUT2D eigenvalue weighted by atomic mass is 9.92. The second-order valence-electron chi connectivity index (χ2n) is 5.09. The zero-order valence-electron chi connectivity index (χ0n) is 11.2. The van der Waals surface area contributed by atoms with Gasteiger partial charge in [0.15, 0.2) is 5.69 Å². The molecule has 0 radical (unpaired) electrons. The van der Waals surface area contributed by atoms with Crippen LogP contribution < -0.4 is 5.32 Å². The standard InChI is InChI=1S/C11H16ClN3O4S/c1-7-9(20(12,17)18)8(15-14-7)10(16)13-11(2)3-5-19-6-4-11/h3-6H2,1-2H3,(H,13,16)(H,14,15). The van der Waals surface area contributed by atoms with Crippen molar-refractivity contribution < 1.29 is 17.9 Å². The van der Waals surface area contributed by atoms with Crippen molar-refractivity contribution in [3.8, 4) is 0 Å². The molecule has 1 amide bonds. The van der Waals surface area contributed by atoms with Crippen LogP contribution >= 0.6 is 10.7 Å². The highest BCUT2D eigenvalue weighted by Gasteiger charge is 2.33. The van der Waals surface area contributed by atoms with Gasteiger partial charge in [-0.15, -0.1) is 0 Å². The van der Waals surface area contributed by atoms with Crippen molar-refractivity contribution in [3.63, 3.8) is 0 Å².